The molecule has 7 nitrogen and oxygen atoms in total. The fraction of sp³-hybridized carbons (Fsp3) is 0.471. The Morgan fingerprint density at radius 2 is 2.12 bits per heavy atom. The molecule has 7 heteroatoms. The molecule has 1 saturated heterocycles. The summed E-state index contributed by atoms with van der Waals surface area (Å²) in [6.07, 6.45) is 3.81. The van der Waals surface area contributed by atoms with Crippen molar-refractivity contribution in [3.05, 3.63) is 23.8 Å². The van der Waals surface area contributed by atoms with E-state index in [2.05, 4.69) is 15.5 Å². The Balaban J connectivity index is 1.44. The lowest BCUT2D eigenvalue weighted by Gasteiger charge is -2.33. The molecule has 126 valence electrons. The number of amides is 2. The highest BCUT2D eigenvalue weighted by Crippen LogP contribution is 2.37. The van der Waals surface area contributed by atoms with Crippen LogP contribution in [0, 0.1) is 0 Å². The molecular weight excluding hydrogens is 310 g/mol. The van der Waals surface area contributed by atoms with Gasteiger partial charge in [0.25, 0.3) is 5.91 Å². The second-order valence-corrected chi connectivity index (χ2v) is 6.49. The Hall–Kier alpha value is -2.57. The molecule has 24 heavy (non-hydrogen) atoms. The summed E-state index contributed by atoms with van der Waals surface area (Å²) in [6.45, 7) is 0.559. The average molecular weight is 329 g/mol. The summed E-state index contributed by atoms with van der Waals surface area (Å²) in [4.78, 5) is 37.9. The summed E-state index contributed by atoms with van der Waals surface area (Å²) in [5, 5.41) is 5.62. The Morgan fingerprint density at radius 3 is 2.92 bits per heavy atom. The maximum atomic E-state index is 12.1. The fourth-order valence-electron chi connectivity index (χ4n) is 3.27. The lowest BCUT2D eigenvalue weighted by atomic mass is 10.1. The first kappa shape index (κ1) is 15.0. The van der Waals surface area contributed by atoms with E-state index < -0.39 is 5.97 Å². The van der Waals surface area contributed by atoms with Crippen LogP contribution in [0.25, 0.3) is 0 Å². The van der Waals surface area contributed by atoms with Crippen LogP contribution in [0.4, 0.5) is 11.4 Å². The third kappa shape index (κ3) is 2.81. The highest BCUT2D eigenvalue weighted by atomic mass is 16.5. The molecule has 0 radical (unpaired) electrons. The highest BCUT2D eigenvalue weighted by molar-refractivity contribution is 6.05. The van der Waals surface area contributed by atoms with E-state index in [-0.39, 0.29) is 30.5 Å². The van der Waals surface area contributed by atoms with Gasteiger partial charge < -0.3 is 20.3 Å². The summed E-state index contributed by atoms with van der Waals surface area (Å²) in [7, 11) is 0. The number of benzene rings is 1. The summed E-state index contributed by atoms with van der Waals surface area (Å²) in [5.41, 5.74) is 1.88. The first-order valence-corrected chi connectivity index (χ1v) is 8.30. The predicted molar refractivity (Wildman–Crippen MR) is 86.9 cm³/mol. The molecule has 2 N–H and O–H groups in total. The smallest absolute Gasteiger partial charge is 0.338 e. The van der Waals surface area contributed by atoms with Crippen molar-refractivity contribution in [3.63, 3.8) is 0 Å². The molecule has 1 saturated carbocycles. The molecule has 1 aromatic rings. The molecule has 2 heterocycles. The number of carbonyl (C=O) groups is 3. The van der Waals surface area contributed by atoms with E-state index in [0.717, 1.165) is 37.9 Å². The number of ether oxygens (including phenoxy) is 1. The molecule has 2 fully saturated rings. The van der Waals surface area contributed by atoms with Crippen molar-refractivity contribution in [1.82, 2.24) is 5.32 Å². The van der Waals surface area contributed by atoms with Gasteiger partial charge >= 0.3 is 5.97 Å². The third-order valence-corrected chi connectivity index (χ3v) is 4.63. The SMILES string of the molecule is O=C(COC(=O)c1ccc2c(c1)NC(=O)[C@H]1CCCN21)NC1CC1. The minimum absolute atomic E-state index is 0.0330. The summed E-state index contributed by atoms with van der Waals surface area (Å²) in [6, 6.07) is 5.24. The molecule has 1 aliphatic carbocycles. The monoisotopic (exact) mass is 329 g/mol. The van der Waals surface area contributed by atoms with Crippen LogP contribution < -0.4 is 15.5 Å². The first-order chi connectivity index (χ1) is 11.6. The van der Waals surface area contributed by atoms with Gasteiger partial charge in [-0.05, 0) is 43.9 Å². The van der Waals surface area contributed by atoms with Gasteiger partial charge in [-0.25, -0.2) is 4.79 Å². The predicted octanol–water partition coefficient (Wildman–Crippen LogP) is 1.04. The Labute approximate surface area is 139 Å². The van der Waals surface area contributed by atoms with E-state index in [1.807, 2.05) is 6.07 Å². The number of nitrogens with one attached hydrogen (secondary N) is 2. The van der Waals surface area contributed by atoms with Gasteiger partial charge in [0.05, 0.1) is 16.9 Å². The Kier molecular flexibility index (Phi) is 3.63. The van der Waals surface area contributed by atoms with E-state index in [9.17, 15) is 14.4 Å². The van der Waals surface area contributed by atoms with Gasteiger partial charge in [-0.3, -0.25) is 9.59 Å². The zero-order valence-corrected chi connectivity index (χ0v) is 13.2. The van der Waals surface area contributed by atoms with Gasteiger partial charge in [0, 0.05) is 12.6 Å². The van der Waals surface area contributed by atoms with Crippen molar-refractivity contribution < 1.29 is 19.1 Å². The van der Waals surface area contributed by atoms with Crippen molar-refractivity contribution in [1.29, 1.82) is 0 Å². The lowest BCUT2D eigenvalue weighted by molar-refractivity contribution is -0.124. The molecule has 4 rings (SSSR count). The van der Waals surface area contributed by atoms with Crippen LogP contribution in [0.2, 0.25) is 0 Å². The number of rotatable bonds is 4. The van der Waals surface area contributed by atoms with Crippen LogP contribution in [0.1, 0.15) is 36.0 Å². The zero-order chi connectivity index (χ0) is 16.7. The van der Waals surface area contributed by atoms with Crippen LogP contribution in [0.3, 0.4) is 0 Å². The molecule has 0 spiro atoms. The fourth-order valence-corrected chi connectivity index (χ4v) is 3.27. The molecule has 0 bridgehead atoms. The molecule has 1 atom stereocenters. The van der Waals surface area contributed by atoms with Crippen molar-refractivity contribution in [2.45, 2.75) is 37.8 Å². The van der Waals surface area contributed by atoms with Crippen molar-refractivity contribution in [2.24, 2.45) is 0 Å². The number of hydrogen-bond donors (Lipinski definition) is 2. The van der Waals surface area contributed by atoms with Gasteiger partial charge in [0.1, 0.15) is 6.04 Å². The second kappa shape index (κ2) is 5.81. The maximum absolute atomic E-state index is 12.1. The summed E-state index contributed by atoms with van der Waals surface area (Å²) >= 11 is 0. The molecule has 2 aliphatic heterocycles. The number of hydrogen-bond acceptors (Lipinski definition) is 5. The van der Waals surface area contributed by atoms with Crippen molar-refractivity contribution in [3.8, 4) is 0 Å². The molecule has 0 aromatic heterocycles. The van der Waals surface area contributed by atoms with E-state index in [4.69, 9.17) is 4.74 Å². The molecular formula is C17H19N3O4. The van der Waals surface area contributed by atoms with Gasteiger partial charge in [-0.2, -0.15) is 0 Å². The largest absolute Gasteiger partial charge is 0.452 e. The van der Waals surface area contributed by atoms with Crippen LogP contribution >= 0.6 is 0 Å². The van der Waals surface area contributed by atoms with E-state index in [1.54, 1.807) is 12.1 Å². The topological polar surface area (TPSA) is 87.7 Å². The normalized spacial score (nSPS) is 21.6. The van der Waals surface area contributed by atoms with Gasteiger partial charge in [-0.1, -0.05) is 0 Å². The van der Waals surface area contributed by atoms with Crippen LogP contribution in [0.5, 0.6) is 0 Å². The Bertz CT molecular complexity index is 714. The number of nitrogens with zero attached hydrogens (tertiary/aromatic N) is 1. The van der Waals surface area contributed by atoms with Crippen molar-refractivity contribution >= 4 is 29.2 Å². The number of fused-ring (bicyclic) bond motifs is 3. The van der Waals surface area contributed by atoms with E-state index >= 15 is 0 Å². The minimum Gasteiger partial charge on any atom is -0.452 e. The molecule has 2 amide bonds. The second-order valence-electron chi connectivity index (χ2n) is 6.49. The average Bonchev–Trinajstić information content (AvgIpc) is 3.23. The number of esters is 1. The summed E-state index contributed by atoms with van der Waals surface area (Å²) < 4.78 is 5.05. The van der Waals surface area contributed by atoms with Gasteiger partial charge in [-0.15, -0.1) is 0 Å². The van der Waals surface area contributed by atoms with E-state index in [1.165, 1.54) is 0 Å². The minimum atomic E-state index is -0.568. The zero-order valence-electron chi connectivity index (χ0n) is 13.2. The van der Waals surface area contributed by atoms with Crippen LogP contribution in [0.15, 0.2) is 18.2 Å². The standard InChI is InChI=1S/C17H19N3O4/c21-15(18-11-4-5-11)9-24-17(23)10-3-6-13-12(8-10)19-16(22)14-2-1-7-20(13)14/h3,6,8,11,14H,1-2,4-5,7,9H2,(H,18,21)(H,19,22)/t14-/m1/s1. The van der Waals surface area contributed by atoms with Crippen LogP contribution in [-0.2, 0) is 14.3 Å². The van der Waals surface area contributed by atoms with Gasteiger partial charge in [0.15, 0.2) is 6.61 Å². The highest BCUT2D eigenvalue weighted by Gasteiger charge is 2.36. The molecule has 3 aliphatic rings. The number of anilines is 2. The first-order valence-electron chi connectivity index (χ1n) is 8.30. The molecule has 1 aromatic carbocycles. The van der Waals surface area contributed by atoms with E-state index in [0.29, 0.717) is 11.3 Å². The van der Waals surface area contributed by atoms with Crippen molar-refractivity contribution in [2.75, 3.05) is 23.4 Å². The lowest BCUT2D eigenvalue weighted by Crippen LogP contribution is -2.43. The Morgan fingerprint density at radius 1 is 1.29 bits per heavy atom. The number of carbonyl (C=O) groups excluding carboxylic acids is 3. The summed E-state index contributed by atoms with van der Waals surface area (Å²) in [5.74, 6) is -0.882. The van der Waals surface area contributed by atoms with Gasteiger partial charge in [0.2, 0.25) is 5.91 Å². The van der Waals surface area contributed by atoms with Crippen LogP contribution in [-0.4, -0.2) is 43.0 Å². The maximum Gasteiger partial charge on any atom is 0.338 e. The quantitative estimate of drug-likeness (QED) is 0.806. The third-order valence-electron chi connectivity index (χ3n) is 4.63. The molecule has 0 unspecified atom stereocenters.